The van der Waals surface area contributed by atoms with E-state index in [0.29, 0.717) is 25.5 Å². The van der Waals surface area contributed by atoms with E-state index in [4.69, 9.17) is 5.84 Å². The third kappa shape index (κ3) is 7.39. The fourth-order valence-electron chi connectivity index (χ4n) is 4.39. The SMILES string of the molecule is CS(=O)(=O)N(c1ccc(OC(F)(F)F)c(CC2(c3ccccc3)CCCCN2N)c1)S(C)(=O)=O.Cl.Cl. The third-order valence-corrected chi connectivity index (χ3v) is 8.92. The van der Waals surface area contributed by atoms with Gasteiger partial charge in [-0.15, -0.1) is 38.0 Å². The van der Waals surface area contributed by atoms with Crippen LogP contribution in [0.2, 0.25) is 0 Å². The molecule has 1 unspecified atom stereocenters. The second kappa shape index (κ2) is 11.7. The molecule has 36 heavy (non-hydrogen) atoms. The molecule has 0 amide bonds. The van der Waals surface area contributed by atoms with Gasteiger partial charge in [-0.2, -0.15) is 3.71 Å². The summed E-state index contributed by atoms with van der Waals surface area (Å²) in [6.07, 6.45) is -1.62. The van der Waals surface area contributed by atoms with Crippen LogP contribution in [0.25, 0.3) is 0 Å². The number of hydrogen-bond donors (Lipinski definition) is 1. The lowest BCUT2D eigenvalue weighted by atomic mass is 9.77. The zero-order valence-corrected chi connectivity index (χ0v) is 22.7. The van der Waals surface area contributed by atoms with Crippen molar-refractivity contribution in [3.05, 3.63) is 59.7 Å². The van der Waals surface area contributed by atoms with E-state index in [1.54, 1.807) is 23.2 Å². The molecular formula is C21H28Cl2F3N3O5S2. The van der Waals surface area contributed by atoms with Crippen molar-refractivity contribution in [2.45, 2.75) is 37.6 Å². The standard InChI is InChI=1S/C21H26F3N3O5S2.2ClH/c1-33(28,29)27(34(2,30)31)18-10-11-19(32-21(22,23)24)16(14-18)15-20(12-6-7-13-26(20)25)17-8-4-3-5-9-17;;/h3-5,8-11,14H,6-7,12-13,15,25H2,1-2H3;2*1H. The molecule has 204 valence electrons. The van der Waals surface area contributed by atoms with E-state index in [0.717, 1.165) is 36.6 Å². The van der Waals surface area contributed by atoms with E-state index < -0.39 is 37.7 Å². The summed E-state index contributed by atoms with van der Waals surface area (Å²) in [5, 5.41) is 1.57. The molecule has 1 atom stereocenters. The van der Waals surface area contributed by atoms with Crippen LogP contribution in [0.1, 0.15) is 30.4 Å². The van der Waals surface area contributed by atoms with Crippen LogP contribution in [0, 0.1) is 0 Å². The normalized spacial score (nSPS) is 19.1. The zero-order chi connectivity index (χ0) is 25.4. The lowest BCUT2D eigenvalue weighted by Gasteiger charge is -2.45. The van der Waals surface area contributed by atoms with Crippen molar-refractivity contribution in [1.29, 1.82) is 0 Å². The van der Waals surface area contributed by atoms with E-state index in [1.807, 2.05) is 12.1 Å². The van der Waals surface area contributed by atoms with Gasteiger partial charge in [-0.25, -0.2) is 21.8 Å². The number of rotatable bonds is 7. The fourth-order valence-corrected chi connectivity index (χ4v) is 7.35. The van der Waals surface area contributed by atoms with Crippen LogP contribution in [0.15, 0.2) is 48.5 Å². The highest BCUT2D eigenvalue weighted by Gasteiger charge is 2.41. The minimum atomic E-state index is -5.02. The van der Waals surface area contributed by atoms with Crippen molar-refractivity contribution < 1.29 is 34.7 Å². The molecule has 0 bridgehead atoms. The number of hydrazine groups is 1. The van der Waals surface area contributed by atoms with Gasteiger partial charge in [0.1, 0.15) is 5.75 Å². The number of hydrogen-bond acceptors (Lipinski definition) is 7. The lowest BCUT2D eigenvalue weighted by Crippen LogP contribution is -2.54. The summed E-state index contributed by atoms with van der Waals surface area (Å²) in [6, 6.07) is 12.0. The summed E-state index contributed by atoms with van der Waals surface area (Å²) in [6.45, 7) is 0.489. The Morgan fingerprint density at radius 2 is 1.58 bits per heavy atom. The van der Waals surface area contributed by atoms with Gasteiger partial charge in [0.05, 0.1) is 23.7 Å². The fraction of sp³-hybridized carbons (Fsp3) is 0.429. The molecule has 1 aliphatic heterocycles. The van der Waals surface area contributed by atoms with Crippen molar-refractivity contribution in [3.63, 3.8) is 0 Å². The number of piperidine rings is 1. The van der Waals surface area contributed by atoms with Gasteiger partial charge >= 0.3 is 6.36 Å². The highest BCUT2D eigenvalue weighted by Crippen LogP contribution is 2.42. The van der Waals surface area contributed by atoms with Gasteiger partial charge in [0, 0.05) is 6.54 Å². The van der Waals surface area contributed by atoms with Gasteiger partial charge < -0.3 is 4.74 Å². The summed E-state index contributed by atoms with van der Waals surface area (Å²) >= 11 is 0. The monoisotopic (exact) mass is 593 g/mol. The Morgan fingerprint density at radius 3 is 2.08 bits per heavy atom. The molecule has 2 aromatic rings. The number of benzene rings is 2. The van der Waals surface area contributed by atoms with Crippen LogP contribution in [0.5, 0.6) is 5.75 Å². The summed E-state index contributed by atoms with van der Waals surface area (Å²) in [7, 11) is -8.61. The Bertz CT molecular complexity index is 1220. The quantitative estimate of drug-likeness (QED) is 0.484. The summed E-state index contributed by atoms with van der Waals surface area (Å²) in [5.74, 6) is 5.81. The molecule has 15 heteroatoms. The van der Waals surface area contributed by atoms with Gasteiger partial charge in [0.15, 0.2) is 0 Å². The first-order valence-electron chi connectivity index (χ1n) is 10.3. The van der Waals surface area contributed by atoms with Crippen molar-refractivity contribution >= 4 is 50.5 Å². The minimum absolute atomic E-state index is 0. The summed E-state index contributed by atoms with van der Waals surface area (Å²) in [4.78, 5) is 0. The maximum absolute atomic E-state index is 13.2. The van der Waals surface area contributed by atoms with Crippen molar-refractivity contribution in [1.82, 2.24) is 5.01 Å². The number of nitrogens with two attached hydrogens (primary N) is 1. The average Bonchev–Trinajstić information content (AvgIpc) is 2.69. The van der Waals surface area contributed by atoms with Gasteiger partial charge in [-0.05, 0) is 55.0 Å². The molecular weight excluding hydrogens is 566 g/mol. The van der Waals surface area contributed by atoms with Crippen LogP contribution in [0.3, 0.4) is 0 Å². The van der Waals surface area contributed by atoms with Crippen molar-refractivity contribution in [2.75, 3.05) is 22.8 Å². The van der Waals surface area contributed by atoms with Crippen LogP contribution >= 0.6 is 24.8 Å². The molecule has 0 saturated carbocycles. The summed E-state index contributed by atoms with van der Waals surface area (Å²) in [5.41, 5.74) is -0.503. The average molecular weight is 595 g/mol. The molecule has 1 fully saturated rings. The minimum Gasteiger partial charge on any atom is -0.405 e. The second-order valence-corrected chi connectivity index (χ2v) is 12.2. The van der Waals surface area contributed by atoms with Gasteiger partial charge in [-0.1, -0.05) is 30.3 Å². The largest absolute Gasteiger partial charge is 0.573 e. The number of ether oxygens (including phenoxy) is 1. The second-order valence-electron chi connectivity index (χ2n) is 8.29. The number of halogens is 5. The van der Waals surface area contributed by atoms with Crippen LogP contribution in [0.4, 0.5) is 18.9 Å². The topological polar surface area (TPSA) is 110 Å². The molecule has 3 rings (SSSR count). The lowest BCUT2D eigenvalue weighted by molar-refractivity contribution is -0.275. The smallest absolute Gasteiger partial charge is 0.405 e. The number of sulfonamides is 2. The highest BCUT2D eigenvalue weighted by atomic mass is 35.5. The highest BCUT2D eigenvalue weighted by molar-refractivity contribution is 8.09. The molecule has 0 aromatic heterocycles. The Kier molecular flexibility index (Phi) is 10.5. The molecule has 8 nitrogen and oxygen atoms in total. The molecule has 1 heterocycles. The molecule has 1 saturated heterocycles. The van der Waals surface area contributed by atoms with E-state index in [2.05, 4.69) is 4.74 Å². The van der Waals surface area contributed by atoms with Crippen molar-refractivity contribution in [2.24, 2.45) is 5.84 Å². The first kappa shape index (κ1) is 32.3. The van der Waals surface area contributed by atoms with Crippen molar-refractivity contribution in [3.8, 4) is 5.75 Å². The number of nitrogens with zero attached hydrogens (tertiary/aromatic N) is 2. The maximum atomic E-state index is 13.2. The first-order chi connectivity index (χ1) is 15.6. The van der Waals surface area contributed by atoms with E-state index in [9.17, 15) is 30.0 Å². The molecule has 2 aromatic carbocycles. The van der Waals surface area contributed by atoms with Crippen LogP contribution in [-0.4, -0.2) is 47.3 Å². The molecule has 1 aliphatic rings. The summed E-state index contributed by atoms with van der Waals surface area (Å²) < 4.78 is 92.9. The number of alkyl halides is 3. The van der Waals surface area contributed by atoms with E-state index in [-0.39, 0.29) is 46.2 Å². The van der Waals surface area contributed by atoms with E-state index in [1.165, 1.54) is 0 Å². The molecule has 0 spiro atoms. The van der Waals surface area contributed by atoms with E-state index >= 15 is 0 Å². The zero-order valence-electron chi connectivity index (χ0n) is 19.4. The van der Waals surface area contributed by atoms with Crippen LogP contribution in [-0.2, 0) is 32.0 Å². The van der Waals surface area contributed by atoms with Crippen LogP contribution < -0.4 is 14.3 Å². The Hall–Kier alpha value is -1.77. The molecule has 0 aliphatic carbocycles. The third-order valence-electron chi connectivity index (χ3n) is 5.67. The molecule has 0 radical (unpaired) electrons. The predicted octanol–water partition coefficient (Wildman–Crippen LogP) is 3.95. The molecule has 2 N–H and O–H groups in total. The number of anilines is 1. The Balaban J connectivity index is 0.00000324. The Morgan fingerprint density at radius 1 is 1.00 bits per heavy atom. The maximum Gasteiger partial charge on any atom is 0.573 e. The predicted molar refractivity (Wildman–Crippen MR) is 136 cm³/mol. The first-order valence-corrected chi connectivity index (χ1v) is 14.0. The van der Waals surface area contributed by atoms with Gasteiger partial charge in [-0.3, -0.25) is 5.84 Å². The van der Waals surface area contributed by atoms with Gasteiger partial charge in [0.2, 0.25) is 20.0 Å². The Labute approximate surface area is 221 Å². The van der Waals surface area contributed by atoms with Gasteiger partial charge in [0.25, 0.3) is 0 Å².